The van der Waals surface area contributed by atoms with Gasteiger partial charge in [0.2, 0.25) is 0 Å². The van der Waals surface area contributed by atoms with Gasteiger partial charge in [-0.2, -0.15) is 0 Å². The number of hydrogen-bond acceptors (Lipinski definition) is 4. The van der Waals surface area contributed by atoms with E-state index in [4.69, 9.17) is 9.47 Å². The minimum absolute atomic E-state index is 0.0184. The van der Waals surface area contributed by atoms with Gasteiger partial charge in [0.1, 0.15) is 0 Å². The largest absolute Gasteiger partial charge is 0.493 e. The average Bonchev–Trinajstić information content (AvgIpc) is 2.32. The molecule has 90 valence electrons. The van der Waals surface area contributed by atoms with Crippen LogP contribution < -0.4 is 14.8 Å². The Kier molecular flexibility index (Phi) is 5.05. The molecule has 0 aliphatic rings. The van der Waals surface area contributed by atoms with Crippen LogP contribution in [0, 0.1) is 0 Å². The topological polar surface area (TPSA) is 50.7 Å². The standard InChI is InChI=1S/C11H16BrNO3/c1-13-9(6-14)7-4-10(15-2)11(16-3)5-8(7)12/h4-5,9,13-14H,6H2,1-3H3. The van der Waals surface area contributed by atoms with Crippen molar-refractivity contribution in [2.45, 2.75) is 6.04 Å². The summed E-state index contributed by atoms with van der Waals surface area (Å²) in [7, 11) is 4.97. The molecule has 5 heteroatoms. The number of likely N-dealkylation sites (N-methyl/N-ethyl adjacent to an activating group) is 1. The highest BCUT2D eigenvalue weighted by atomic mass is 79.9. The van der Waals surface area contributed by atoms with Gasteiger partial charge < -0.3 is 19.9 Å². The van der Waals surface area contributed by atoms with E-state index in [1.54, 1.807) is 21.3 Å². The van der Waals surface area contributed by atoms with E-state index in [0.717, 1.165) is 10.0 Å². The molecule has 0 radical (unpaired) electrons. The predicted molar refractivity (Wildman–Crippen MR) is 66.1 cm³/mol. The first-order valence-electron chi connectivity index (χ1n) is 4.87. The van der Waals surface area contributed by atoms with Gasteiger partial charge in [-0.3, -0.25) is 0 Å². The molecule has 0 bridgehead atoms. The molecule has 0 heterocycles. The van der Waals surface area contributed by atoms with Crippen LogP contribution in [0.5, 0.6) is 11.5 Å². The smallest absolute Gasteiger partial charge is 0.161 e. The van der Waals surface area contributed by atoms with E-state index in [1.807, 2.05) is 12.1 Å². The summed E-state index contributed by atoms with van der Waals surface area (Å²) < 4.78 is 11.3. The van der Waals surface area contributed by atoms with E-state index in [9.17, 15) is 5.11 Å². The van der Waals surface area contributed by atoms with Crippen LogP contribution in [0.1, 0.15) is 11.6 Å². The molecular formula is C11H16BrNO3. The molecule has 0 saturated heterocycles. The third kappa shape index (κ3) is 2.66. The predicted octanol–water partition coefficient (Wildman–Crippen LogP) is 1.72. The number of aliphatic hydroxyl groups is 1. The zero-order valence-corrected chi connectivity index (χ0v) is 11.2. The molecule has 0 aliphatic carbocycles. The molecule has 16 heavy (non-hydrogen) atoms. The quantitative estimate of drug-likeness (QED) is 0.867. The monoisotopic (exact) mass is 289 g/mol. The van der Waals surface area contributed by atoms with E-state index in [2.05, 4.69) is 21.2 Å². The van der Waals surface area contributed by atoms with Crippen LogP contribution in [0.4, 0.5) is 0 Å². The molecule has 0 aromatic heterocycles. The molecule has 4 nitrogen and oxygen atoms in total. The average molecular weight is 290 g/mol. The van der Waals surface area contributed by atoms with E-state index >= 15 is 0 Å². The summed E-state index contributed by atoms with van der Waals surface area (Å²) in [6, 6.07) is 3.54. The van der Waals surface area contributed by atoms with Crippen molar-refractivity contribution in [3.63, 3.8) is 0 Å². The zero-order valence-electron chi connectivity index (χ0n) is 9.58. The van der Waals surface area contributed by atoms with Crippen molar-refractivity contribution in [2.24, 2.45) is 0 Å². The van der Waals surface area contributed by atoms with Gasteiger partial charge in [0, 0.05) is 4.47 Å². The second-order valence-electron chi connectivity index (χ2n) is 3.25. The van der Waals surface area contributed by atoms with E-state index in [1.165, 1.54) is 0 Å². The van der Waals surface area contributed by atoms with Gasteiger partial charge in [-0.25, -0.2) is 0 Å². The normalized spacial score (nSPS) is 12.3. The highest BCUT2D eigenvalue weighted by Gasteiger charge is 2.15. The minimum Gasteiger partial charge on any atom is -0.493 e. The third-order valence-corrected chi connectivity index (χ3v) is 3.10. The Morgan fingerprint density at radius 2 is 1.88 bits per heavy atom. The summed E-state index contributed by atoms with van der Waals surface area (Å²) in [6.07, 6.45) is 0. The molecule has 2 N–H and O–H groups in total. The van der Waals surface area contributed by atoms with Gasteiger partial charge in [0.15, 0.2) is 11.5 Å². The summed E-state index contributed by atoms with van der Waals surface area (Å²) in [5, 5.41) is 12.3. The fraction of sp³-hybridized carbons (Fsp3) is 0.455. The van der Waals surface area contributed by atoms with Crippen molar-refractivity contribution in [3.05, 3.63) is 22.2 Å². The molecule has 0 spiro atoms. The second kappa shape index (κ2) is 6.08. The Labute approximate surface area is 104 Å². The van der Waals surface area contributed by atoms with E-state index < -0.39 is 0 Å². The molecule has 0 amide bonds. The van der Waals surface area contributed by atoms with Crippen molar-refractivity contribution in [2.75, 3.05) is 27.9 Å². The molecule has 1 unspecified atom stereocenters. The second-order valence-corrected chi connectivity index (χ2v) is 4.11. The fourth-order valence-electron chi connectivity index (χ4n) is 1.48. The lowest BCUT2D eigenvalue weighted by Gasteiger charge is -2.18. The highest BCUT2D eigenvalue weighted by Crippen LogP contribution is 2.35. The minimum atomic E-state index is -0.130. The molecule has 1 atom stereocenters. The van der Waals surface area contributed by atoms with Gasteiger partial charge in [0.25, 0.3) is 0 Å². The Bertz CT molecular complexity index is 353. The lowest BCUT2D eigenvalue weighted by Crippen LogP contribution is -2.20. The van der Waals surface area contributed by atoms with Gasteiger partial charge in [-0.1, -0.05) is 15.9 Å². The first-order chi connectivity index (χ1) is 7.67. The maximum atomic E-state index is 9.24. The Morgan fingerprint density at radius 1 is 1.31 bits per heavy atom. The van der Waals surface area contributed by atoms with Gasteiger partial charge in [-0.15, -0.1) is 0 Å². The molecule has 1 rings (SSSR count). The lowest BCUT2D eigenvalue weighted by atomic mass is 10.1. The van der Waals surface area contributed by atoms with Gasteiger partial charge in [-0.05, 0) is 24.7 Å². The Balaban J connectivity index is 3.19. The summed E-state index contributed by atoms with van der Waals surface area (Å²) >= 11 is 3.45. The zero-order chi connectivity index (χ0) is 12.1. The van der Waals surface area contributed by atoms with Crippen LogP contribution in [0.15, 0.2) is 16.6 Å². The number of halogens is 1. The van der Waals surface area contributed by atoms with Crippen LogP contribution in [-0.2, 0) is 0 Å². The van der Waals surface area contributed by atoms with Crippen molar-refractivity contribution in [1.29, 1.82) is 0 Å². The maximum absolute atomic E-state index is 9.24. The van der Waals surface area contributed by atoms with E-state index in [-0.39, 0.29) is 12.6 Å². The number of hydrogen-bond donors (Lipinski definition) is 2. The summed E-state index contributed by atoms with van der Waals surface area (Å²) in [5.41, 5.74) is 0.933. The number of rotatable bonds is 5. The highest BCUT2D eigenvalue weighted by molar-refractivity contribution is 9.10. The fourth-order valence-corrected chi connectivity index (χ4v) is 2.08. The van der Waals surface area contributed by atoms with Crippen LogP contribution >= 0.6 is 15.9 Å². The number of benzene rings is 1. The van der Waals surface area contributed by atoms with Crippen molar-refractivity contribution in [3.8, 4) is 11.5 Å². The van der Waals surface area contributed by atoms with Crippen LogP contribution in [0.3, 0.4) is 0 Å². The van der Waals surface area contributed by atoms with Gasteiger partial charge >= 0.3 is 0 Å². The SMILES string of the molecule is CNC(CO)c1cc(OC)c(OC)cc1Br. The first-order valence-corrected chi connectivity index (χ1v) is 5.66. The van der Waals surface area contributed by atoms with Crippen molar-refractivity contribution in [1.82, 2.24) is 5.32 Å². The number of ether oxygens (including phenoxy) is 2. The van der Waals surface area contributed by atoms with Gasteiger partial charge in [0.05, 0.1) is 26.9 Å². The number of nitrogens with one attached hydrogen (secondary N) is 1. The Morgan fingerprint density at radius 3 is 2.31 bits per heavy atom. The van der Waals surface area contributed by atoms with Crippen molar-refractivity contribution >= 4 is 15.9 Å². The summed E-state index contributed by atoms with van der Waals surface area (Å²) in [4.78, 5) is 0. The Hall–Kier alpha value is -0.780. The molecule has 0 fully saturated rings. The summed E-state index contributed by atoms with van der Waals surface area (Å²) in [5.74, 6) is 1.31. The van der Waals surface area contributed by atoms with Crippen LogP contribution in [-0.4, -0.2) is 33.0 Å². The van der Waals surface area contributed by atoms with Crippen LogP contribution in [0.25, 0.3) is 0 Å². The van der Waals surface area contributed by atoms with E-state index in [0.29, 0.717) is 11.5 Å². The molecular weight excluding hydrogens is 274 g/mol. The lowest BCUT2D eigenvalue weighted by molar-refractivity contribution is 0.250. The molecule has 1 aromatic rings. The van der Waals surface area contributed by atoms with Crippen LogP contribution in [0.2, 0.25) is 0 Å². The number of methoxy groups -OCH3 is 2. The number of aliphatic hydroxyl groups excluding tert-OH is 1. The van der Waals surface area contributed by atoms with Crippen molar-refractivity contribution < 1.29 is 14.6 Å². The molecule has 0 aliphatic heterocycles. The third-order valence-electron chi connectivity index (χ3n) is 2.41. The molecule has 0 saturated carbocycles. The maximum Gasteiger partial charge on any atom is 0.161 e. The first kappa shape index (κ1) is 13.3. The summed E-state index contributed by atoms with van der Waals surface area (Å²) in [6.45, 7) is 0.0184. The molecule has 1 aromatic carbocycles.